The van der Waals surface area contributed by atoms with E-state index in [9.17, 15) is 0 Å². The molecule has 2 rings (SSSR count). The lowest BCUT2D eigenvalue weighted by atomic mass is 9.82. The van der Waals surface area contributed by atoms with E-state index < -0.39 is 0 Å². The van der Waals surface area contributed by atoms with Crippen molar-refractivity contribution in [3.05, 3.63) is 29.8 Å². The highest BCUT2D eigenvalue weighted by atomic mass is 16.5. The zero-order chi connectivity index (χ0) is 11.4. The van der Waals surface area contributed by atoms with Crippen LogP contribution in [0.5, 0.6) is 5.75 Å². The third-order valence-electron chi connectivity index (χ3n) is 3.17. The molecule has 0 spiro atoms. The average molecular weight is 219 g/mol. The molecule has 0 bridgehead atoms. The Hall–Kier alpha value is -1.02. The lowest BCUT2D eigenvalue weighted by Crippen LogP contribution is -2.41. The zero-order valence-electron chi connectivity index (χ0n) is 10.2. The number of ether oxygens (including phenoxy) is 1. The summed E-state index contributed by atoms with van der Waals surface area (Å²) >= 11 is 0. The van der Waals surface area contributed by atoms with Crippen molar-refractivity contribution < 1.29 is 4.74 Å². The normalized spacial score (nSPS) is 23.9. The summed E-state index contributed by atoms with van der Waals surface area (Å²) in [6.07, 6.45) is 2.65. The molecular weight excluding hydrogens is 198 g/mol. The van der Waals surface area contributed by atoms with E-state index in [1.165, 1.54) is 18.4 Å². The minimum absolute atomic E-state index is 0.733. The third kappa shape index (κ3) is 3.24. The van der Waals surface area contributed by atoms with E-state index in [1.807, 2.05) is 12.1 Å². The molecule has 1 N–H and O–H groups in total. The van der Waals surface area contributed by atoms with Gasteiger partial charge >= 0.3 is 0 Å². The highest BCUT2D eigenvalue weighted by Crippen LogP contribution is 2.25. The summed E-state index contributed by atoms with van der Waals surface area (Å²) in [6, 6.07) is 8.94. The first-order valence-electron chi connectivity index (χ1n) is 6.17. The van der Waals surface area contributed by atoms with Gasteiger partial charge in [0.1, 0.15) is 12.4 Å². The molecule has 1 saturated carbocycles. The van der Waals surface area contributed by atoms with E-state index in [0.29, 0.717) is 0 Å². The van der Waals surface area contributed by atoms with Crippen molar-refractivity contribution >= 4 is 0 Å². The minimum atomic E-state index is 0.733. The molecule has 1 aromatic rings. The monoisotopic (exact) mass is 219 g/mol. The first kappa shape index (κ1) is 11.5. The molecule has 0 heterocycles. The fourth-order valence-electron chi connectivity index (χ4n) is 2.21. The van der Waals surface area contributed by atoms with Crippen LogP contribution in [0, 0.1) is 12.8 Å². The lowest BCUT2D eigenvalue weighted by molar-refractivity contribution is 0.223. The van der Waals surface area contributed by atoms with Gasteiger partial charge in [0.15, 0.2) is 0 Å². The Morgan fingerprint density at radius 1 is 1.38 bits per heavy atom. The summed E-state index contributed by atoms with van der Waals surface area (Å²) in [5, 5.41) is 3.51. The van der Waals surface area contributed by atoms with E-state index in [-0.39, 0.29) is 0 Å². The maximum absolute atomic E-state index is 5.67. The Morgan fingerprint density at radius 2 is 2.19 bits per heavy atom. The zero-order valence-corrected chi connectivity index (χ0v) is 10.2. The molecule has 0 aromatic heterocycles. The van der Waals surface area contributed by atoms with Crippen LogP contribution in [-0.2, 0) is 0 Å². The summed E-state index contributed by atoms with van der Waals surface area (Å²) in [6.45, 7) is 6.10. The summed E-state index contributed by atoms with van der Waals surface area (Å²) in [5.41, 5.74) is 1.25. The van der Waals surface area contributed by atoms with Crippen LogP contribution in [0.4, 0.5) is 0 Å². The maximum atomic E-state index is 5.67. The summed E-state index contributed by atoms with van der Waals surface area (Å²) in [4.78, 5) is 0. The van der Waals surface area contributed by atoms with E-state index in [0.717, 1.165) is 30.9 Å². The molecule has 88 valence electrons. The number of rotatable bonds is 5. The molecule has 0 radical (unpaired) electrons. The van der Waals surface area contributed by atoms with E-state index in [2.05, 4.69) is 31.3 Å². The van der Waals surface area contributed by atoms with Crippen molar-refractivity contribution in [3.8, 4) is 5.75 Å². The van der Waals surface area contributed by atoms with Gasteiger partial charge in [-0.05, 0) is 43.4 Å². The molecule has 2 nitrogen and oxygen atoms in total. The molecule has 1 aliphatic carbocycles. The van der Waals surface area contributed by atoms with Gasteiger partial charge in [-0.2, -0.15) is 0 Å². The number of hydrogen-bond donors (Lipinski definition) is 1. The fraction of sp³-hybridized carbons (Fsp3) is 0.571. The minimum Gasteiger partial charge on any atom is -0.492 e. The first-order chi connectivity index (χ1) is 7.74. The van der Waals surface area contributed by atoms with Crippen LogP contribution < -0.4 is 10.1 Å². The topological polar surface area (TPSA) is 21.3 Å². The molecule has 1 aromatic carbocycles. The summed E-state index contributed by atoms with van der Waals surface area (Å²) < 4.78 is 5.67. The van der Waals surface area contributed by atoms with Crippen molar-refractivity contribution in [2.75, 3.05) is 13.2 Å². The smallest absolute Gasteiger partial charge is 0.119 e. The van der Waals surface area contributed by atoms with E-state index in [1.54, 1.807) is 0 Å². The number of hydrogen-bond acceptors (Lipinski definition) is 2. The van der Waals surface area contributed by atoms with E-state index >= 15 is 0 Å². The maximum Gasteiger partial charge on any atom is 0.119 e. The fourth-order valence-corrected chi connectivity index (χ4v) is 2.21. The molecule has 2 heteroatoms. The quantitative estimate of drug-likeness (QED) is 0.769. The largest absolute Gasteiger partial charge is 0.492 e. The van der Waals surface area contributed by atoms with Crippen LogP contribution >= 0.6 is 0 Å². The first-order valence-corrected chi connectivity index (χ1v) is 6.17. The molecule has 16 heavy (non-hydrogen) atoms. The predicted molar refractivity (Wildman–Crippen MR) is 66.9 cm³/mol. The highest BCUT2D eigenvalue weighted by Gasteiger charge is 2.24. The van der Waals surface area contributed by atoms with Crippen LogP contribution in [0.3, 0.4) is 0 Å². The molecule has 0 aliphatic heterocycles. The second-order valence-corrected chi connectivity index (χ2v) is 4.89. The van der Waals surface area contributed by atoms with Crippen molar-refractivity contribution in [3.63, 3.8) is 0 Å². The van der Waals surface area contributed by atoms with E-state index in [4.69, 9.17) is 4.74 Å². The molecule has 0 unspecified atom stereocenters. The Kier molecular flexibility index (Phi) is 3.83. The van der Waals surface area contributed by atoms with Gasteiger partial charge in [0, 0.05) is 12.6 Å². The van der Waals surface area contributed by atoms with Crippen molar-refractivity contribution in [1.29, 1.82) is 0 Å². The number of nitrogens with one attached hydrogen (secondary N) is 1. The van der Waals surface area contributed by atoms with Gasteiger partial charge in [-0.25, -0.2) is 0 Å². The highest BCUT2D eigenvalue weighted by molar-refractivity contribution is 5.27. The Bertz CT molecular complexity index is 331. The number of benzene rings is 1. The van der Waals surface area contributed by atoms with Gasteiger partial charge in [0.2, 0.25) is 0 Å². The lowest BCUT2D eigenvalue weighted by Gasteiger charge is -2.33. The summed E-state index contributed by atoms with van der Waals surface area (Å²) in [7, 11) is 0. The van der Waals surface area contributed by atoms with Gasteiger partial charge in [0.25, 0.3) is 0 Å². The Balaban J connectivity index is 1.61. The molecule has 0 atom stereocenters. The van der Waals surface area contributed by atoms with Crippen LogP contribution in [0.25, 0.3) is 0 Å². The molecule has 0 saturated heterocycles. The molecule has 1 aliphatic rings. The second kappa shape index (κ2) is 5.35. The van der Waals surface area contributed by atoms with Crippen molar-refractivity contribution in [2.45, 2.75) is 32.7 Å². The SMILES string of the molecule is Cc1cccc(OCCNC2CC(C)C2)c1. The van der Waals surface area contributed by atoms with Crippen LogP contribution in [-0.4, -0.2) is 19.2 Å². The van der Waals surface area contributed by atoms with Gasteiger partial charge < -0.3 is 10.1 Å². The number of aryl methyl sites for hydroxylation is 1. The molecule has 1 fully saturated rings. The van der Waals surface area contributed by atoms with Crippen molar-refractivity contribution in [1.82, 2.24) is 5.32 Å². The van der Waals surface area contributed by atoms with Gasteiger partial charge in [0.05, 0.1) is 0 Å². The summed E-state index contributed by atoms with van der Waals surface area (Å²) in [5.74, 6) is 1.89. The van der Waals surface area contributed by atoms with Crippen molar-refractivity contribution in [2.24, 2.45) is 5.92 Å². The standard InChI is InChI=1S/C14H21NO/c1-11-4-3-5-14(10-11)16-7-6-15-13-8-12(2)9-13/h3-5,10,12-13,15H,6-9H2,1-2H3. The second-order valence-electron chi connectivity index (χ2n) is 4.89. The van der Waals surface area contributed by atoms with Gasteiger partial charge in [-0.15, -0.1) is 0 Å². The van der Waals surface area contributed by atoms with Gasteiger partial charge in [-0.1, -0.05) is 19.1 Å². The Labute approximate surface area is 98.0 Å². The van der Waals surface area contributed by atoms with Gasteiger partial charge in [-0.3, -0.25) is 0 Å². The van der Waals surface area contributed by atoms with Crippen LogP contribution in [0.2, 0.25) is 0 Å². The Morgan fingerprint density at radius 3 is 2.88 bits per heavy atom. The predicted octanol–water partition coefficient (Wildman–Crippen LogP) is 2.76. The molecule has 0 amide bonds. The van der Waals surface area contributed by atoms with Crippen LogP contribution in [0.1, 0.15) is 25.3 Å². The average Bonchev–Trinajstić information content (AvgIpc) is 2.21. The van der Waals surface area contributed by atoms with Crippen LogP contribution in [0.15, 0.2) is 24.3 Å². The third-order valence-corrected chi connectivity index (χ3v) is 3.17. The molecular formula is C14H21NO.